The third-order valence-corrected chi connectivity index (χ3v) is 12.7. The van der Waals surface area contributed by atoms with Crippen LogP contribution in [0.15, 0.2) is 0 Å². The normalized spacial score (nSPS) is 13.2. The number of ether oxygens (including phenoxy) is 1. The minimum absolute atomic E-state index is 0.106. The topological polar surface area (TPSA) is 41.6 Å². The van der Waals surface area contributed by atoms with Crippen molar-refractivity contribution >= 4 is 41.7 Å². The van der Waals surface area contributed by atoms with Gasteiger partial charge >= 0.3 is 35.0 Å². The monoisotopic (exact) mass is 684 g/mol. The average molecular weight is 686 g/mol. The summed E-state index contributed by atoms with van der Waals surface area (Å²) in [4.78, 5) is 10.7. The second-order valence-corrected chi connectivity index (χ2v) is 19.0. The third-order valence-electron chi connectivity index (χ3n) is 5.92. The van der Waals surface area contributed by atoms with Crippen molar-refractivity contribution in [1.29, 1.82) is 0 Å². The molecule has 0 aromatic heterocycles. The standard InChI is InChI=1S/C16H37NP2.C6H15N.C4H8O.CHO.2ClH.Pd/c1-13(2)18(14(3)4)11-9-17-10-12-19(15(5)6)16(7)8;1-4-7(5-2)6-3;1-2-4-5-3-1;1-2;;;/h13-17H,9-12H2,1-8H3;4-6H2,1-3H3;1-4H2;1H;2*1H;/q;;;-1;;;+2/p-2/i;;;1D;;;. The predicted octanol–water partition coefficient (Wildman–Crippen LogP) is 8.42. The van der Waals surface area contributed by atoms with Gasteiger partial charge in [0.1, 0.15) is 0 Å². The fourth-order valence-corrected chi connectivity index (χ4v) is 9.23. The summed E-state index contributed by atoms with van der Waals surface area (Å²) in [7, 11) is 10.0. The van der Waals surface area contributed by atoms with Crippen LogP contribution in [0, 0.1) is 0 Å². The molecule has 0 saturated carbocycles. The molecule has 0 aliphatic carbocycles. The molecule has 9 heteroatoms. The summed E-state index contributed by atoms with van der Waals surface area (Å²) in [6, 6.07) is 0. The molecule has 0 amide bonds. The Morgan fingerprint density at radius 1 is 0.833 bits per heavy atom. The van der Waals surface area contributed by atoms with E-state index in [1.165, 1.54) is 57.9 Å². The fourth-order valence-electron chi connectivity index (χ4n) is 3.95. The van der Waals surface area contributed by atoms with E-state index in [1.54, 1.807) is 0 Å². The summed E-state index contributed by atoms with van der Waals surface area (Å²) in [5.41, 5.74) is 3.50. The van der Waals surface area contributed by atoms with Crippen LogP contribution in [0.4, 0.5) is 0 Å². The summed E-state index contributed by atoms with van der Waals surface area (Å²) < 4.78 is 10.3. The van der Waals surface area contributed by atoms with Crippen LogP contribution in [0.2, 0.25) is 0 Å². The number of carbonyl (C=O) groups excluding carboxylic acids is 1. The maximum atomic E-state index is 8.35. The molecule has 4 nitrogen and oxygen atoms in total. The number of nitrogens with one attached hydrogen (secondary N) is 1. The van der Waals surface area contributed by atoms with Crippen molar-refractivity contribution < 1.29 is 26.8 Å². The summed E-state index contributed by atoms with van der Waals surface area (Å²) in [6.45, 7) is 34.5. The van der Waals surface area contributed by atoms with E-state index in [0.29, 0.717) is 0 Å². The molecule has 1 N–H and O–H groups in total. The van der Waals surface area contributed by atoms with E-state index in [9.17, 15) is 0 Å². The maximum absolute atomic E-state index is 8.35. The number of rotatable bonds is 13. The van der Waals surface area contributed by atoms with Gasteiger partial charge < -0.3 is 19.7 Å². The zero-order chi connectivity index (χ0) is 29.6. The first-order valence-electron chi connectivity index (χ1n) is 14.1. The van der Waals surface area contributed by atoms with Crippen LogP contribution >= 0.6 is 34.9 Å². The summed E-state index contributed by atoms with van der Waals surface area (Å²) in [5.74, 6) is 0. The third kappa shape index (κ3) is 31.9. The van der Waals surface area contributed by atoms with Crippen LogP contribution in [0.25, 0.3) is 0 Å². The predicted molar refractivity (Wildman–Crippen MR) is 169 cm³/mol. The molecule has 1 aliphatic rings. The number of halogens is 2. The molecule has 0 atom stereocenters. The van der Waals surface area contributed by atoms with Crippen molar-refractivity contribution in [2.45, 2.75) is 112 Å². The van der Waals surface area contributed by atoms with Crippen molar-refractivity contribution in [2.75, 3.05) is 58.3 Å². The number of hydrogen-bond donors (Lipinski definition) is 1. The quantitative estimate of drug-likeness (QED) is 0.0695. The minimum atomic E-state index is -0.106. The SMILES string of the molecule is C1CCOC1.CC(C)P(CCNCCP(C(C)C)C(C)C)C(C)C.CCN(CC)CC.[2H][C-]=O.[Cl][Pd][Cl]. The van der Waals surface area contributed by atoms with Crippen LogP contribution in [0.5, 0.6) is 0 Å². The molecule has 36 heavy (non-hydrogen) atoms. The van der Waals surface area contributed by atoms with Gasteiger partial charge in [0.15, 0.2) is 0 Å². The Morgan fingerprint density at radius 3 is 1.25 bits per heavy atom. The van der Waals surface area contributed by atoms with Crippen molar-refractivity contribution in [3.05, 3.63) is 0 Å². The Kier molecular flexibility index (Phi) is 40.6. The second kappa shape index (κ2) is 34.7. The summed E-state index contributed by atoms with van der Waals surface area (Å²) in [6.07, 6.45) is 5.35. The van der Waals surface area contributed by atoms with Gasteiger partial charge in [-0.1, -0.05) is 76.2 Å². The Morgan fingerprint density at radius 2 is 1.11 bits per heavy atom. The summed E-state index contributed by atoms with van der Waals surface area (Å²) in [5, 5.41) is 3.70. The van der Waals surface area contributed by atoms with Gasteiger partial charge in [-0.25, -0.2) is 0 Å². The van der Waals surface area contributed by atoms with Gasteiger partial charge in [0, 0.05) is 13.2 Å². The molecule has 0 radical (unpaired) electrons. The van der Waals surface area contributed by atoms with Gasteiger partial charge in [-0.05, 0) is 80.5 Å². The molecular weight excluding hydrogens is 624 g/mol. The van der Waals surface area contributed by atoms with Gasteiger partial charge in [-0.15, -0.1) is 15.8 Å². The van der Waals surface area contributed by atoms with E-state index in [2.05, 4.69) is 86.4 Å². The Hall–Kier alpha value is 1.65. The van der Waals surface area contributed by atoms with Crippen LogP contribution in [0.3, 0.4) is 0 Å². The van der Waals surface area contributed by atoms with Crippen LogP contribution in [0.1, 0.15) is 90.4 Å². The number of nitrogens with zero attached hydrogens (tertiary/aromatic N) is 1. The molecule has 0 spiro atoms. The first kappa shape index (κ1) is 42.1. The zero-order valence-corrected chi connectivity index (χ0v) is 30.2. The molecular formula is C27H61Cl2N2O2P2Pd-. The molecule has 0 aromatic carbocycles. The van der Waals surface area contributed by atoms with E-state index in [0.717, 1.165) is 42.6 Å². The van der Waals surface area contributed by atoms with Crippen LogP contribution in [-0.4, -0.2) is 92.6 Å². The van der Waals surface area contributed by atoms with Gasteiger partial charge in [-0.3, -0.25) is 6.77 Å². The molecule has 0 aromatic rings. The summed E-state index contributed by atoms with van der Waals surface area (Å²) >= 11 is -0.106. The number of hydrogen-bond acceptors (Lipinski definition) is 4. The first-order valence-corrected chi connectivity index (χ1v) is 20.9. The van der Waals surface area contributed by atoms with Gasteiger partial charge in [0.25, 0.3) is 0 Å². The Balaban J connectivity index is -0.000000243. The van der Waals surface area contributed by atoms with Gasteiger partial charge in [0.2, 0.25) is 0 Å². The molecule has 1 fully saturated rings. The first-order chi connectivity index (χ1) is 17.4. The van der Waals surface area contributed by atoms with Crippen molar-refractivity contribution in [2.24, 2.45) is 0 Å². The Bertz CT molecular complexity index is 386. The van der Waals surface area contributed by atoms with E-state index in [1.807, 2.05) is 0 Å². The second-order valence-electron chi connectivity index (χ2n) is 9.58. The van der Waals surface area contributed by atoms with E-state index in [-0.39, 0.29) is 31.8 Å². The van der Waals surface area contributed by atoms with Gasteiger partial charge in [-0.2, -0.15) is 1.37 Å². The zero-order valence-electron chi connectivity index (χ0n) is 26.3. The van der Waals surface area contributed by atoms with Crippen molar-refractivity contribution in [1.82, 2.24) is 10.2 Å². The molecule has 1 saturated heterocycles. The van der Waals surface area contributed by atoms with Crippen molar-refractivity contribution in [3.63, 3.8) is 0 Å². The molecule has 0 bridgehead atoms. The van der Waals surface area contributed by atoms with Crippen molar-refractivity contribution in [3.8, 4) is 0 Å². The van der Waals surface area contributed by atoms with E-state index >= 15 is 0 Å². The fraction of sp³-hybridized carbons (Fsp3) is 0.963. The van der Waals surface area contributed by atoms with E-state index in [4.69, 9.17) is 30.0 Å². The molecule has 1 heterocycles. The average Bonchev–Trinajstić information content (AvgIpc) is 3.40. The molecule has 1 aliphatic heterocycles. The van der Waals surface area contributed by atoms with Crippen LogP contribution < -0.4 is 5.32 Å². The molecule has 1 rings (SSSR count). The van der Waals surface area contributed by atoms with Crippen LogP contribution in [-0.2, 0) is 25.5 Å². The van der Waals surface area contributed by atoms with Gasteiger partial charge in [0.05, 0.1) is 0 Å². The van der Waals surface area contributed by atoms with E-state index < -0.39 is 0 Å². The molecule has 0 unspecified atom stereocenters. The Labute approximate surface area is 247 Å². The molecule has 226 valence electrons.